The van der Waals surface area contributed by atoms with E-state index in [0.717, 1.165) is 70.9 Å². The molecule has 3 saturated heterocycles. The average molecular weight is 575 g/mol. The Bertz CT molecular complexity index is 873. The van der Waals surface area contributed by atoms with Crippen molar-refractivity contribution in [3.8, 4) is 0 Å². The number of pyridine rings is 1. The van der Waals surface area contributed by atoms with Gasteiger partial charge in [0.15, 0.2) is 0 Å². The van der Waals surface area contributed by atoms with Gasteiger partial charge in [-0.1, -0.05) is 6.07 Å². The van der Waals surface area contributed by atoms with E-state index in [9.17, 15) is 26.3 Å². The SMILES string of the molecule is O=C(O)C(F)(F)F.O=C(O)C(F)(F)F.c1ccc(COCC23CCCOC2CCN(C2CCOCC2)C3)nc1. The Kier molecular flexibility index (Phi) is 12.4. The average Bonchev–Trinajstić information content (AvgIpc) is 2.89. The lowest BCUT2D eigenvalue weighted by atomic mass is 9.72. The minimum Gasteiger partial charge on any atom is -0.475 e. The molecule has 2 unspecified atom stereocenters. The number of alkyl halides is 6. The van der Waals surface area contributed by atoms with Gasteiger partial charge in [0.05, 0.1) is 25.0 Å². The van der Waals surface area contributed by atoms with E-state index in [0.29, 0.717) is 18.8 Å². The number of nitrogens with zero attached hydrogens (tertiary/aromatic N) is 2. The quantitative estimate of drug-likeness (QED) is 0.505. The number of likely N-dealkylation sites (tertiary alicyclic amines) is 1. The second-order valence-electron chi connectivity index (χ2n) is 9.35. The number of ether oxygens (including phenoxy) is 3. The molecular weight excluding hydrogens is 542 g/mol. The number of hydrogen-bond acceptors (Lipinski definition) is 7. The lowest BCUT2D eigenvalue weighted by Gasteiger charge is -2.52. The molecule has 3 aliphatic rings. The first-order valence-corrected chi connectivity index (χ1v) is 12.3. The molecule has 0 saturated carbocycles. The summed E-state index contributed by atoms with van der Waals surface area (Å²) in [6.07, 6.45) is -2.18. The maximum atomic E-state index is 10.6. The third-order valence-electron chi connectivity index (χ3n) is 6.58. The van der Waals surface area contributed by atoms with Gasteiger partial charge in [0.25, 0.3) is 0 Å². The first kappa shape index (κ1) is 32.7. The number of aromatic nitrogens is 1. The van der Waals surface area contributed by atoms with Gasteiger partial charge in [-0.05, 0) is 44.2 Å². The predicted octanol–water partition coefficient (Wildman–Crippen LogP) is 3.91. The molecule has 4 rings (SSSR count). The highest BCUT2D eigenvalue weighted by Crippen LogP contribution is 2.41. The first-order valence-electron chi connectivity index (χ1n) is 12.3. The summed E-state index contributed by atoms with van der Waals surface area (Å²) in [5.41, 5.74) is 1.15. The molecule has 2 atom stereocenters. The molecule has 0 aromatic carbocycles. The zero-order chi connectivity index (χ0) is 29.1. The van der Waals surface area contributed by atoms with Crippen molar-refractivity contribution in [3.63, 3.8) is 0 Å². The van der Waals surface area contributed by atoms with Gasteiger partial charge in [0.1, 0.15) is 0 Å². The minimum atomic E-state index is -5.08. The number of carboxylic acids is 2. The molecule has 222 valence electrons. The lowest BCUT2D eigenvalue weighted by Crippen LogP contribution is -2.59. The molecule has 0 aliphatic carbocycles. The fraction of sp³-hybridized carbons (Fsp3) is 0.708. The molecule has 0 bridgehead atoms. The third-order valence-corrected chi connectivity index (χ3v) is 6.58. The van der Waals surface area contributed by atoms with Crippen LogP contribution in [0.5, 0.6) is 0 Å². The molecule has 9 nitrogen and oxygen atoms in total. The number of hydrogen-bond donors (Lipinski definition) is 2. The molecule has 3 fully saturated rings. The standard InChI is InChI=1S/C20H30N2O3.2C2HF3O2/c1-2-9-21-17(4-1)14-24-16-20-8-3-11-25-19(20)5-10-22(15-20)18-6-12-23-13-7-18;2*3-2(4,5)1(6)7/h1-2,4,9,18-19H,3,5-8,10-16H2;2*(H,6,7). The Morgan fingerprint density at radius 3 is 2.18 bits per heavy atom. The van der Waals surface area contributed by atoms with Gasteiger partial charge >= 0.3 is 24.3 Å². The molecule has 2 N–H and O–H groups in total. The fourth-order valence-electron chi connectivity index (χ4n) is 4.74. The van der Waals surface area contributed by atoms with Crippen molar-refractivity contribution in [1.82, 2.24) is 9.88 Å². The maximum absolute atomic E-state index is 10.6. The van der Waals surface area contributed by atoms with Gasteiger partial charge in [0, 0.05) is 50.6 Å². The van der Waals surface area contributed by atoms with Crippen LogP contribution in [0.3, 0.4) is 0 Å². The van der Waals surface area contributed by atoms with E-state index in [1.807, 2.05) is 24.4 Å². The molecule has 0 spiro atoms. The van der Waals surface area contributed by atoms with Gasteiger partial charge in [-0.25, -0.2) is 9.59 Å². The number of carbonyl (C=O) groups is 2. The molecule has 15 heteroatoms. The fourth-order valence-corrected chi connectivity index (χ4v) is 4.74. The van der Waals surface area contributed by atoms with Crippen molar-refractivity contribution in [2.24, 2.45) is 5.41 Å². The van der Waals surface area contributed by atoms with Crippen LogP contribution in [0.15, 0.2) is 24.4 Å². The predicted molar refractivity (Wildman–Crippen MR) is 123 cm³/mol. The van der Waals surface area contributed by atoms with Gasteiger partial charge in [-0.3, -0.25) is 9.88 Å². The monoisotopic (exact) mass is 574 g/mol. The summed E-state index contributed by atoms with van der Waals surface area (Å²) in [4.78, 5) is 24.9. The normalized spacial score (nSPS) is 24.3. The van der Waals surface area contributed by atoms with E-state index in [1.54, 1.807) is 0 Å². The Balaban J connectivity index is 0.000000317. The molecule has 0 amide bonds. The summed E-state index contributed by atoms with van der Waals surface area (Å²) >= 11 is 0. The van der Waals surface area contributed by atoms with Crippen molar-refractivity contribution in [2.45, 2.75) is 63.2 Å². The Labute approximate surface area is 221 Å². The topological polar surface area (TPSA) is 118 Å². The molecule has 4 heterocycles. The smallest absolute Gasteiger partial charge is 0.475 e. The largest absolute Gasteiger partial charge is 0.490 e. The molecule has 1 aromatic rings. The van der Waals surface area contributed by atoms with Gasteiger partial charge in [-0.2, -0.15) is 26.3 Å². The Morgan fingerprint density at radius 2 is 1.64 bits per heavy atom. The maximum Gasteiger partial charge on any atom is 0.490 e. The summed E-state index contributed by atoms with van der Waals surface area (Å²) < 4.78 is 81.4. The number of piperidine rings is 1. The Morgan fingerprint density at radius 1 is 1.03 bits per heavy atom. The summed E-state index contributed by atoms with van der Waals surface area (Å²) in [6.45, 7) is 6.33. The number of halogens is 6. The van der Waals surface area contributed by atoms with Crippen LogP contribution < -0.4 is 0 Å². The van der Waals surface area contributed by atoms with Crippen molar-refractivity contribution in [2.75, 3.05) is 39.5 Å². The summed E-state index contributed by atoms with van der Waals surface area (Å²) in [6, 6.07) is 6.66. The van der Waals surface area contributed by atoms with Crippen molar-refractivity contribution < 1.29 is 60.4 Å². The van der Waals surface area contributed by atoms with E-state index >= 15 is 0 Å². The summed E-state index contributed by atoms with van der Waals surface area (Å²) in [7, 11) is 0. The van der Waals surface area contributed by atoms with Crippen molar-refractivity contribution >= 4 is 11.9 Å². The van der Waals surface area contributed by atoms with Gasteiger partial charge in [0.2, 0.25) is 0 Å². The van der Waals surface area contributed by atoms with Crippen LogP contribution >= 0.6 is 0 Å². The van der Waals surface area contributed by atoms with E-state index < -0.39 is 24.3 Å². The van der Waals surface area contributed by atoms with Crippen molar-refractivity contribution in [1.29, 1.82) is 0 Å². The highest BCUT2D eigenvalue weighted by Gasteiger charge is 2.47. The second-order valence-corrected chi connectivity index (χ2v) is 9.35. The summed E-state index contributed by atoms with van der Waals surface area (Å²) in [5, 5.41) is 14.2. The first-order chi connectivity index (χ1) is 18.2. The van der Waals surface area contributed by atoms with Crippen LogP contribution in [-0.2, 0) is 30.4 Å². The number of rotatable bonds is 5. The van der Waals surface area contributed by atoms with Crippen LogP contribution in [-0.4, -0.2) is 96.1 Å². The number of carboxylic acid groups (broad SMARTS) is 2. The van der Waals surface area contributed by atoms with Crippen LogP contribution in [0.4, 0.5) is 26.3 Å². The minimum absolute atomic E-state index is 0.142. The van der Waals surface area contributed by atoms with Crippen LogP contribution in [0.25, 0.3) is 0 Å². The van der Waals surface area contributed by atoms with Gasteiger partial charge in [-0.15, -0.1) is 0 Å². The highest BCUT2D eigenvalue weighted by atomic mass is 19.4. The van der Waals surface area contributed by atoms with E-state index in [2.05, 4.69) is 9.88 Å². The number of fused-ring (bicyclic) bond motifs is 1. The van der Waals surface area contributed by atoms with Gasteiger partial charge < -0.3 is 24.4 Å². The van der Waals surface area contributed by atoms with E-state index in [-0.39, 0.29) is 5.41 Å². The molecule has 39 heavy (non-hydrogen) atoms. The third kappa shape index (κ3) is 10.9. The molecule has 0 radical (unpaired) electrons. The lowest BCUT2D eigenvalue weighted by molar-refractivity contribution is -0.193. The van der Waals surface area contributed by atoms with Crippen molar-refractivity contribution in [3.05, 3.63) is 30.1 Å². The zero-order valence-corrected chi connectivity index (χ0v) is 21.0. The number of aliphatic carboxylic acids is 2. The zero-order valence-electron chi connectivity index (χ0n) is 21.0. The second kappa shape index (κ2) is 14.8. The molecular formula is C24H32F6N2O7. The van der Waals surface area contributed by atoms with Crippen LogP contribution in [0, 0.1) is 5.41 Å². The molecule has 3 aliphatic heterocycles. The van der Waals surface area contributed by atoms with Crippen LogP contribution in [0.2, 0.25) is 0 Å². The Hall–Kier alpha value is -2.49. The highest BCUT2D eigenvalue weighted by molar-refractivity contribution is 5.73. The van der Waals surface area contributed by atoms with Crippen LogP contribution in [0.1, 0.15) is 37.8 Å². The van der Waals surface area contributed by atoms with E-state index in [4.69, 9.17) is 34.0 Å². The van der Waals surface area contributed by atoms with E-state index in [1.165, 1.54) is 6.42 Å². The summed E-state index contributed by atoms with van der Waals surface area (Å²) in [5.74, 6) is -5.51. The molecule has 1 aromatic heterocycles.